The van der Waals surface area contributed by atoms with Crippen molar-refractivity contribution in [3.63, 3.8) is 0 Å². The van der Waals surface area contributed by atoms with Crippen molar-refractivity contribution in [3.05, 3.63) is 35.1 Å². The number of hydrogen-bond acceptors (Lipinski definition) is 4. The minimum Gasteiger partial charge on any atom is -0.316 e. The summed E-state index contributed by atoms with van der Waals surface area (Å²) in [5.74, 6) is 0. The van der Waals surface area contributed by atoms with Crippen molar-refractivity contribution in [2.45, 2.75) is 16.6 Å². The molecule has 0 unspecified atom stereocenters. The maximum Gasteiger partial charge on any atom is 0.190 e. The molecule has 0 aliphatic heterocycles. The van der Waals surface area contributed by atoms with Gasteiger partial charge in [-0.05, 0) is 24.7 Å². The van der Waals surface area contributed by atoms with Crippen LogP contribution < -0.4 is 5.32 Å². The molecule has 0 aliphatic carbocycles. The number of nitrogens with one attached hydrogen (secondary N) is 1. The predicted octanol–water partition coefficient (Wildman–Crippen LogP) is 2.34. The molecule has 4 nitrogen and oxygen atoms in total. The average Bonchev–Trinajstić information content (AvgIpc) is 2.69. The minimum absolute atomic E-state index is 0.770. The van der Waals surface area contributed by atoms with Crippen LogP contribution in [0.1, 0.15) is 5.56 Å². The van der Waals surface area contributed by atoms with E-state index in [-0.39, 0.29) is 0 Å². The van der Waals surface area contributed by atoms with Crippen molar-refractivity contribution in [2.24, 2.45) is 7.05 Å². The van der Waals surface area contributed by atoms with E-state index >= 15 is 0 Å². The van der Waals surface area contributed by atoms with Crippen LogP contribution in [-0.2, 0) is 13.6 Å². The molecule has 0 saturated heterocycles. The molecule has 0 fully saturated rings. The summed E-state index contributed by atoms with van der Waals surface area (Å²) >= 11 is 7.74. The lowest BCUT2D eigenvalue weighted by molar-refractivity contribution is 0.685. The summed E-state index contributed by atoms with van der Waals surface area (Å²) in [6, 6.07) is 6.02. The van der Waals surface area contributed by atoms with E-state index in [9.17, 15) is 0 Å². The van der Waals surface area contributed by atoms with Crippen molar-refractivity contribution < 1.29 is 0 Å². The molecule has 1 heterocycles. The van der Waals surface area contributed by atoms with E-state index in [1.54, 1.807) is 22.8 Å². The van der Waals surface area contributed by atoms with Crippen LogP contribution in [0.25, 0.3) is 0 Å². The first-order chi connectivity index (χ1) is 8.20. The summed E-state index contributed by atoms with van der Waals surface area (Å²) in [4.78, 5) is 5.22. The Hall–Kier alpha value is -1.04. The normalized spacial score (nSPS) is 10.8. The van der Waals surface area contributed by atoms with Gasteiger partial charge in [-0.25, -0.2) is 9.67 Å². The quantitative estimate of drug-likeness (QED) is 0.924. The fourth-order valence-corrected chi connectivity index (χ4v) is 2.52. The molecule has 1 N–H and O–H groups in total. The van der Waals surface area contributed by atoms with Gasteiger partial charge in [0.2, 0.25) is 0 Å². The van der Waals surface area contributed by atoms with Crippen molar-refractivity contribution in [3.8, 4) is 0 Å². The van der Waals surface area contributed by atoms with Gasteiger partial charge in [-0.3, -0.25) is 0 Å². The van der Waals surface area contributed by atoms with Gasteiger partial charge in [0, 0.05) is 23.5 Å². The third kappa shape index (κ3) is 3.00. The summed E-state index contributed by atoms with van der Waals surface area (Å²) in [5.41, 5.74) is 1.09. The SMILES string of the molecule is CNCc1ccc(Sc2ncnn2C)cc1Cl. The minimum atomic E-state index is 0.770. The second kappa shape index (κ2) is 5.53. The summed E-state index contributed by atoms with van der Waals surface area (Å²) in [6.07, 6.45) is 1.54. The molecule has 0 radical (unpaired) electrons. The molecule has 0 amide bonds. The van der Waals surface area contributed by atoms with E-state index in [1.165, 1.54) is 0 Å². The van der Waals surface area contributed by atoms with Gasteiger partial charge in [0.05, 0.1) is 0 Å². The van der Waals surface area contributed by atoms with Gasteiger partial charge in [-0.15, -0.1) is 0 Å². The monoisotopic (exact) mass is 268 g/mol. The third-order valence-electron chi connectivity index (χ3n) is 2.27. The third-order valence-corrected chi connectivity index (χ3v) is 3.66. The summed E-state index contributed by atoms with van der Waals surface area (Å²) in [6.45, 7) is 0.772. The van der Waals surface area contributed by atoms with Gasteiger partial charge in [-0.2, -0.15) is 5.10 Å². The molecule has 0 bridgehead atoms. The van der Waals surface area contributed by atoms with Crippen molar-refractivity contribution in [1.29, 1.82) is 0 Å². The molecule has 2 rings (SSSR count). The Labute approximate surface area is 109 Å². The molecule has 1 aromatic heterocycles. The Morgan fingerprint density at radius 3 is 2.88 bits per heavy atom. The molecular formula is C11H13ClN4S. The maximum absolute atomic E-state index is 6.19. The van der Waals surface area contributed by atoms with Crippen LogP contribution in [0, 0.1) is 0 Å². The number of benzene rings is 1. The summed E-state index contributed by atoms with van der Waals surface area (Å²) in [7, 11) is 3.77. The molecule has 0 atom stereocenters. The Bertz CT molecular complexity index is 512. The first-order valence-corrected chi connectivity index (χ1v) is 6.35. The zero-order chi connectivity index (χ0) is 12.3. The van der Waals surface area contributed by atoms with Crippen LogP contribution in [0.5, 0.6) is 0 Å². The molecule has 6 heteroatoms. The van der Waals surface area contributed by atoms with E-state index < -0.39 is 0 Å². The number of nitrogens with zero attached hydrogens (tertiary/aromatic N) is 3. The zero-order valence-corrected chi connectivity index (χ0v) is 11.2. The molecule has 2 aromatic rings. The van der Waals surface area contributed by atoms with Gasteiger partial charge >= 0.3 is 0 Å². The number of aromatic nitrogens is 3. The second-order valence-electron chi connectivity index (χ2n) is 3.55. The van der Waals surface area contributed by atoms with Gasteiger partial charge in [0.25, 0.3) is 0 Å². The lowest BCUT2D eigenvalue weighted by Gasteiger charge is -2.06. The van der Waals surface area contributed by atoms with Crippen LogP contribution >= 0.6 is 23.4 Å². The highest BCUT2D eigenvalue weighted by molar-refractivity contribution is 7.99. The Balaban J connectivity index is 2.18. The number of rotatable bonds is 4. The van der Waals surface area contributed by atoms with Crippen molar-refractivity contribution in [2.75, 3.05) is 7.05 Å². The predicted molar refractivity (Wildman–Crippen MR) is 69.3 cm³/mol. The van der Waals surface area contributed by atoms with Crippen LogP contribution in [0.4, 0.5) is 0 Å². The highest BCUT2D eigenvalue weighted by Crippen LogP contribution is 2.29. The van der Waals surface area contributed by atoms with Gasteiger partial charge < -0.3 is 5.32 Å². The van der Waals surface area contributed by atoms with Crippen molar-refractivity contribution in [1.82, 2.24) is 20.1 Å². The Morgan fingerprint density at radius 1 is 1.47 bits per heavy atom. The number of halogens is 1. The number of aryl methyl sites for hydroxylation is 1. The van der Waals surface area contributed by atoms with Gasteiger partial charge in [-0.1, -0.05) is 29.4 Å². The topological polar surface area (TPSA) is 42.7 Å². The van der Waals surface area contributed by atoms with E-state index in [2.05, 4.69) is 15.4 Å². The molecule has 0 spiro atoms. The molecular weight excluding hydrogens is 256 g/mol. The first-order valence-electron chi connectivity index (χ1n) is 5.15. The molecule has 1 aromatic carbocycles. The fourth-order valence-electron chi connectivity index (χ4n) is 1.41. The zero-order valence-electron chi connectivity index (χ0n) is 9.64. The second-order valence-corrected chi connectivity index (χ2v) is 5.00. The van der Waals surface area contributed by atoms with Crippen LogP contribution in [0.15, 0.2) is 34.6 Å². The summed E-state index contributed by atoms with van der Waals surface area (Å²) < 4.78 is 1.74. The highest BCUT2D eigenvalue weighted by atomic mass is 35.5. The van der Waals surface area contributed by atoms with Gasteiger partial charge in [0.15, 0.2) is 5.16 Å². The molecule has 90 valence electrons. The van der Waals surface area contributed by atoms with Crippen molar-refractivity contribution >= 4 is 23.4 Å². The highest BCUT2D eigenvalue weighted by Gasteiger charge is 2.06. The van der Waals surface area contributed by atoms with Crippen LogP contribution in [0.3, 0.4) is 0 Å². The fraction of sp³-hybridized carbons (Fsp3) is 0.273. The molecule has 0 aliphatic rings. The van der Waals surface area contributed by atoms with Crippen LogP contribution in [-0.4, -0.2) is 21.8 Å². The largest absolute Gasteiger partial charge is 0.316 e. The average molecular weight is 269 g/mol. The summed E-state index contributed by atoms with van der Waals surface area (Å²) in [5, 5.41) is 8.72. The first kappa shape index (κ1) is 12.4. The smallest absolute Gasteiger partial charge is 0.190 e. The maximum atomic E-state index is 6.19. The van der Waals surface area contributed by atoms with E-state index in [4.69, 9.17) is 11.6 Å². The Kier molecular flexibility index (Phi) is 4.04. The van der Waals surface area contributed by atoms with E-state index in [0.717, 1.165) is 27.2 Å². The van der Waals surface area contributed by atoms with E-state index in [1.807, 2.05) is 32.3 Å². The van der Waals surface area contributed by atoms with Gasteiger partial charge in [0.1, 0.15) is 6.33 Å². The van der Waals surface area contributed by atoms with Crippen LogP contribution in [0.2, 0.25) is 5.02 Å². The van der Waals surface area contributed by atoms with E-state index in [0.29, 0.717) is 0 Å². The number of hydrogen-bond donors (Lipinski definition) is 1. The molecule has 17 heavy (non-hydrogen) atoms. The molecule has 0 saturated carbocycles. The standard InChI is InChI=1S/C11H13ClN4S/c1-13-6-8-3-4-9(5-10(8)12)17-11-14-7-15-16(11)2/h3-5,7,13H,6H2,1-2H3. The Morgan fingerprint density at radius 2 is 2.29 bits per heavy atom. The lowest BCUT2D eigenvalue weighted by atomic mass is 10.2. The lowest BCUT2D eigenvalue weighted by Crippen LogP contribution is -2.05.